The second kappa shape index (κ2) is 9.88. The molecule has 0 unspecified atom stereocenters. The molecular weight excluding hydrogens is 473 g/mol. The normalized spacial score (nSPS) is 11.3. The first-order valence-corrected chi connectivity index (χ1v) is 11.4. The van der Waals surface area contributed by atoms with Crippen LogP contribution in [-0.2, 0) is 6.54 Å². The van der Waals surface area contributed by atoms with Crippen LogP contribution in [-0.4, -0.2) is 26.9 Å². The number of aromatic amines is 1. The molecule has 0 aliphatic carbocycles. The summed E-state index contributed by atoms with van der Waals surface area (Å²) in [4.78, 5) is 32.9. The van der Waals surface area contributed by atoms with E-state index < -0.39 is 28.9 Å². The fraction of sp³-hybridized carbons (Fsp3) is 0.269. The van der Waals surface area contributed by atoms with Crippen molar-refractivity contribution in [1.82, 2.24) is 19.7 Å². The summed E-state index contributed by atoms with van der Waals surface area (Å²) in [5.74, 6) is -3.82. The number of ether oxygens (including phenoxy) is 1. The van der Waals surface area contributed by atoms with Gasteiger partial charge < -0.3 is 15.0 Å². The Hall–Kier alpha value is -4.08. The highest BCUT2D eigenvalue weighted by Crippen LogP contribution is 2.30. The molecule has 10 heteroatoms. The third kappa shape index (κ3) is 4.71. The second-order valence-corrected chi connectivity index (χ2v) is 8.66. The fourth-order valence-electron chi connectivity index (χ4n) is 4.05. The van der Waals surface area contributed by atoms with E-state index in [4.69, 9.17) is 4.74 Å². The lowest BCUT2D eigenvalue weighted by Crippen LogP contribution is -2.29. The number of hydrogen-bond acceptors (Lipinski definition) is 4. The van der Waals surface area contributed by atoms with Gasteiger partial charge in [-0.2, -0.15) is 0 Å². The highest BCUT2D eigenvalue weighted by Gasteiger charge is 2.21. The number of carbonyl (C=O) groups is 1. The molecule has 4 aromatic rings. The lowest BCUT2D eigenvalue weighted by atomic mass is 10.0. The van der Waals surface area contributed by atoms with Crippen molar-refractivity contribution >= 4 is 11.4 Å². The summed E-state index contributed by atoms with van der Waals surface area (Å²) in [7, 11) is 0. The molecule has 0 saturated heterocycles. The maximum atomic E-state index is 14.6. The molecule has 0 saturated carbocycles. The third-order valence-electron chi connectivity index (χ3n) is 5.72. The van der Waals surface area contributed by atoms with Gasteiger partial charge in [-0.1, -0.05) is 13.8 Å². The topological polar surface area (TPSA) is 88.5 Å². The number of H-pyrrole nitrogens is 1. The lowest BCUT2D eigenvalue weighted by Gasteiger charge is -2.14. The zero-order valence-corrected chi connectivity index (χ0v) is 20.2. The summed E-state index contributed by atoms with van der Waals surface area (Å²) in [6.45, 7) is 7.47. The van der Waals surface area contributed by atoms with Gasteiger partial charge in [-0.25, -0.2) is 18.2 Å². The molecule has 2 N–H and O–H groups in total. The Labute approximate surface area is 205 Å². The minimum absolute atomic E-state index is 0.0462. The van der Waals surface area contributed by atoms with Crippen molar-refractivity contribution in [2.45, 2.75) is 40.2 Å². The number of halogens is 3. The van der Waals surface area contributed by atoms with Crippen molar-refractivity contribution in [3.63, 3.8) is 0 Å². The number of aromatic nitrogens is 3. The number of nitrogens with zero attached hydrogens (tertiary/aromatic N) is 2. The van der Waals surface area contributed by atoms with Crippen LogP contribution >= 0.6 is 0 Å². The molecule has 1 amide bonds. The lowest BCUT2D eigenvalue weighted by molar-refractivity contribution is 0.0944. The van der Waals surface area contributed by atoms with E-state index in [-0.39, 0.29) is 34.8 Å². The number of rotatable bonds is 7. The summed E-state index contributed by atoms with van der Waals surface area (Å²) < 4.78 is 49.6. The van der Waals surface area contributed by atoms with Crippen LogP contribution in [0.3, 0.4) is 0 Å². The van der Waals surface area contributed by atoms with Crippen molar-refractivity contribution in [3.05, 3.63) is 87.1 Å². The minimum Gasteiger partial charge on any atom is -0.493 e. The quantitative estimate of drug-likeness (QED) is 0.356. The van der Waals surface area contributed by atoms with Gasteiger partial charge in [0.05, 0.1) is 29.9 Å². The number of pyridine rings is 2. The van der Waals surface area contributed by atoms with E-state index in [9.17, 15) is 22.8 Å². The number of imidazole rings is 1. The van der Waals surface area contributed by atoms with Gasteiger partial charge in [-0.05, 0) is 49.6 Å². The summed E-state index contributed by atoms with van der Waals surface area (Å²) >= 11 is 0. The predicted molar refractivity (Wildman–Crippen MR) is 129 cm³/mol. The summed E-state index contributed by atoms with van der Waals surface area (Å²) in [6, 6.07) is 5.86. The standard InChI is InChI=1S/C26H25F3N4O3/c1-5-36-22-6-14(4)32-25(34)18(22)11-30-26(35)21-8-15(17-9-16(27)10-19(28)23(17)29)7-20-24(13(2)3)31-12-33(20)21/h6-10,12-13H,5,11H2,1-4H3,(H,30,35)(H,32,34). The average molecular weight is 499 g/mol. The van der Waals surface area contributed by atoms with Gasteiger partial charge in [-0.15, -0.1) is 0 Å². The number of fused-ring (bicyclic) bond motifs is 1. The van der Waals surface area contributed by atoms with Crippen LogP contribution in [0.15, 0.2) is 41.5 Å². The van der Waals surface area contributed by atoms with Crippen LogP contribution in [0.25, 0.3) is 16.6 Å². The number of hydrogen-bond donors (Lipinski definition) is 2. The van der Waals surface area contributed by atoms with Crippen LogP contribution in [0.5, 0.6) is 5.75 Å². The van der Waals surface area contributed by atoms with E-state index in [1.54, 1.807) is 19.9 Å². The molecule has 3 aromatic heterocycles. The van der Waals surface area contributed by atoms with Gasteiger partial charge in [0, 0.05) is 17.3 Å². The first-order chi connectivity index (χ1) is 17.1. The molecule has 36 heavy (non-hydrogen) atoms. The Bertz CT molecular complexity index is 1530. The Morgan fingerprint density at radius 3 is 2.61 bits per heavy atom. The van der Waals surface area contributed by atoms with Crippen LogP contribution in [0, 0.1) is 24.4 Å². The van der Waals surface area contributed by atoms with Gasteiger partial charge >= 0.3 is 0 Å². The fourth-order valence-corrected chi connectivity index (χ4v) is 4.05. The SMILES string of the molecule is CCOc1cc(C)[nH]c(=O)c1CNC(=O)c1cc(-c2cc(F)cc(F)c2F)cc2c(C(C)C)ncn12. The van der Waals surface area contributed by atoms with E-state index in [1.165, 1.54) is 22.9 Å². The van der Waals surface area contributed by atoms with Gasteiger partial charge in [0.1, 0.15) is 23.6 Å². The van der Waals surface area contributed by atoms with Crippen molar-refractivity contribution in [1.29, 1.82) is 0 Å². The second-order valence-electron chi connectivity index (χ2n) is 8.66. The largest absolute Gasteiger partial charge is 0.493 e. The summed E-state index contributed by atoms with van der Waals surface area (Å²) in [5.41, 5.74) is 1.37. The Morgan fingerprint density at radius 2 is 1.92 bits per heavy atom. The molecule has 3 heterocycles. The highest BCUT2D eigenvalue weighted by molar-refractivity contribution is 5.95. The van der Waals surface area contributed by atoms with E-state index in [1.807, 2.05) is 13.8 Å². The van der Waals surface area contributed by atoms with Crippen molar-refractivity contribution in [3.8, 4) is 16.9 Å². The Morgan fingerprint density at radius 1 is 1.17 bits per heavy atom. The molecule has 0 spiro atoms. The van der Waals surface area contributed by atoms with E-state index in [2.05, 4.69) is 15.3 Å². The number of carbonyl (C=O) groups excluding carboxylic acids is 1. The first kappa shape index (κ1) is 25.0. The Kier molecular flexibility index (Phi) is 6.87. The molecule has 0 atom stereocenters. The average Bonchev–Trinajstić information content (AvgIpc) is 3.24. The summed E-state index contributed by atoms with van der Waals surface area (Å²) in [6.07, 6.45) is 1.45. The zero-order valence-electron chi connectivity index (χ0n) is 20.2. The molecule has 0 bridgehead atoms. The molecular formula is C26H25F3N4O3. The van der Waals surface area contributed by atoms with Gasteiger partial charge in [0.25, 0.3) is 11.5 Å². The van der Waals surface area contributed by atoms with Crippen molar-refractivity contribution in [2.24, 2.45) is 0 Å². The molecule has 188 valence electrons. The number of aryl methyl sites for hydroxylation is 1. The highest BCUT2D eigenvalue weighted by atomic mass is 19.2. The van der Waals surface area contributed by atoms with Crippen molar-refractivity contribution in [2.75, 3.05) is 6.61 Å². The number of nitrogens with one attached hydrogen (secondary N) is 2. The monoisotopic (exact) mass is 498 g/mol. The van der Waals surface area contributed by atoms with Crippen molar-refractivity contribution < 1.29 is 22.7 Å². The molecule has 0 aliphatic heterocycles. The van der Waals surface area contributed by atoms with E-state index in [0.717, 1.165) is 6.07 Å². The molecule has 0 aliphatic rings. The van der Waals surface area contributed by atoms with E-state index in [0.29, 0.717) is 35.3 Å². The van der Waals surface area contributed by atoms with Gasteiger partial charge in [-0.3, -0.25) is 14.0 Å². The summed E-state index contributed by atoms with van der Waals surface area (Å²) in [5, 5.41) is 2.69. The van der Waals surface area contributed by atoms with Crippen LogP contribution < -0.4 is 15.6 Å². The maximum Gasteiger partial charge on any atom is 0.268 e. The van der Waals surface area contributed by atoms with Crippen LogP contribution in [0.1, 0.15) is 54.1 Å². The first-order valence-electron chi connectivity index (χ1n) is 11.4. The zero-order chi connectivity index (χ0) is 26.1. The smallest absolute Gasteiger partial charge is 0.268 e. The van der Waals surface area contributed by atoms with Gasteiger partial charge in [0.15, 0.2) is 11.6 Å². The third-order valence-corrected chi connectivity index (χ3v) is 5.72. The van der Waals surface area contributed by atoms with Crippen LogP contribution in [0.4, 0.5) is 13.2 Å². The minimum atomic E-state index is -1.34. The maximum absolute atomic E-state index is 14.6. The molecule has 4 rings (SSSR count). The van der Waals surface area contributed by atoms with Crippen LogP contribution in [0.2, 0.25) is 0 Å². The number of benzene rings is 1. The molecule has 0 fully saturated rings. The Balaban J connectivity index is 1.80. The number of amides is 1. The molecule has 0 radical (unpaired) electrons. The van der Waals surface area contributed by atoms with E-state index >= 15 is 0 Å². The molecule has 1 aromatic carbocycles. The molecule has 7 nitrogen and oxygen atoms in total. The predicted octanol–water partition coefficient (Wildman–Crippen LogP) is 4.87. The van der Waals surface area contributed by atoms with Gasteiger partial charge in [0.2, 0.25) is 0 Å².